The SMILES string of the molecule is CCCC[C@H]1C(=O)N(C)[C@@H](CCCC)C(=O)N[C@@H](CC(=O)O)C(=O)N[C@H](C(=O)NCC(N)=O)CSCC(=O)N[C@@H](Cc2ccc(O)cc2)C(=O)N(C)[C@@H](C)C(=O)N[C@H](CC(N)=O)C(=O)N2CCC[C@H]2C(=O)N[C@@H](Cc2cnc[nH]2)C(=O)N[C@@H](CCC(N)=O)C(=O)N2C[C@H](O)C[C@H]2C(=O)N[C@@H](Cc2c[nH]c3ccccc23)C(=O)N[C@@H](CCN)C(=O)N[C@@H](Cc2cn(CC(=O)O)c3ccccc23)C(=O)N1C. The number of carbonyl (C=O) groups excluding carboxylic acids is 18. The molecule has 6 heterocycles. The molecule has 3 aliphatic heterocycles. The monoisotopic (exact) mass is 1950 g/mol. The smallest absolute Gasteiger partial charge is 0.323 e. The van der Waals surface area contributed by atoms with E-state index in [-0.39, 0.29) is 82.3 Å². The van der Waals surface area contributed by atoms with Gasteiger partial charge in [-0.25, -0.2) is 4.98 Å². The molecule has 3 fully saturated rings. The van der Waals surface area contributed by atoms with Crippen LogP contribution in [0.2, 0.25) is 0 Å². The van der Waals surface area contributed by atoms with E-state index in [2.05, 4.69) is 68.1 Å². The number of unbranched alkanes of at least 4 members (excludes halogenated alkanes) is 2. The molecule has 3 aromatic heterocycles. The number of para-hydroxylation sites is 2. The number of amides is 18. The van der Waals surface area contributed by atoms with Crippen molar-refractivity contribution in [3.8, 4) is 5.75 Å². The fraction of sp³-hybridized carbons (Fsp3) is 0.505. The van der Waals surface area contributed by atoms with E-state index in [9.17, 15) is 78.0 Å². The van der Waals surface area contributed by atoms with Gasteiger partial charge in [-0.05, 0) is 92.9 Å². The van der Waals surface area contributed by atoms with Gasteiger partial charge >= 0.3 is 11.9 Å². The number of aliphatic hydroxyl groups is 1. The molecule has 0 bridgehead atoms. The summed E-state index contributed by atoms with van der Waals surface area (Å²) >= 11 is 0.658. The highest BCUT2D eigenvalue weighted by molar-refractivity contribution is 8.00. The maximum absolute atomic E-state index is 15.9. The molecule has 752 valence electrons. The lowest BCUT2D eigenvalue weighted by molar-refractivity contribution is -0.149. The Morgan fingerprint density at radius 1 is 0.532 bits per heavy atom. The highest BCUT2D eigenvalue weighted by atomic mass is 32.2. The molecule has 48 heteroatoms. The Kier molecular flexibility index (Phi) is 39.7. The number of hydrogen-bond donors (Lipinski definition) is 20. The summed E-state index contributed by atoms with van der Waals surface area (Å²) in [6.45, 7) is 2.28. The summed E-state index contributed by atoms with van der Waals surface area (Å²) in [6.07, 6.45) is -0.461. The number of nitrogens with zero attached hydrogens (tertiary/aromatic N) is 7. The van der Waals surface area contributed by atoms with Crippen LogP contribution in [0.4, 0.5) is 0 Å². The Balaban J connectivity index is 1.12. The summed E-state index contributed by atoms with van der Waals surface area (Å²) in [5.74, 6) is -23.1. The Bertz CT molecular complexity index is 5480. The zero-order valence-electron chi connectivity index (χ0n) is 77.9. The molecule has 18 amide bonds. The molecule has 47 nitrogen and oxygen atoms in total. The number of carboxylic acid groups (broad SMARTS) is 2. The zero-order valence-corrected chi connectivity index (χ0v) is 78.7. The summed E-state index contributed by atoms with van der Waals surface area (Å²) in [5, 5.41) is 68.6. The molecule has 24 N–H and O–H groups in total. The third kappa shape index (κ3) is 30.0. The first-order chi connectivity index (χ1) is 66.1. The highest BCUT2D eigenvalue weighted by Gasteiger charge is 2.47. The van der Waals surface area contributed by atoms with Crippen LogP contribution in [0, 0.1) is 0 Å². The first kappa shape index (κ1) is 108. The number of aromatic amines is 2. The van der Waals surface area contributed by atoms with Crippen molar-refractivity contribution in [2.24, 2.45) is 22.9 Å². The standard InChI is InChI=1S/C91H123N23O24S/c1-7-9-19-68-84(131)105-62(38-76(121)122)83(130)108-66(79(126)98-41-74(95)119)45-139-46-75(120)100-63(32-49-23-25-53(115)26-24-49)87(134)109(4)48(3)78(125)106-65(37-73(94)118)90(137)113-31-15-22-69(113)85(132)104-61(35-52-40-96-47-99-52)82(129)102-59(27-28-72(93)117)89(136)114-43-54(116)36-71(114)86(133)103-60(33-50-39-97-57-18-13-11-16-55(50)57)81(128)101-58(29-30-92)80(127)107-64(88(135)111(6)70(20-10-8-2)91(138)110(68)5)34-51-42-112(44-77(123)124)67-21-14-12-17-56(51)67/h11-14,16-18,21,23-26,39-40,42,47-48,54,58-66,68-71,97,115-116H,7-10,15,19-20,22,27-38,41,43-46,92H2,1-6H3,(H2,93,117)(H2,94,118)(H2,95,119)(H,96,99)(H,98,126)(H,100,120)(H,101,128)(H,102,129)(H,103,133)(H,104,132)(H,105,131)(H,106,125)(H,107,127)(H,108,130)(H,121,122)(H,123,124)/t48-,54+,58-,59-,60-,61-,62-,63-,64-,65+,66-,68-,69-,70-,71-/m0/s1. The van der Waals surface area contributed by atoms with Gasteiger partial charge in [-0.1, -0.05) is 88.1 Å². The summed E-state index contributed by atoms with van der Waals surface area (Å²) in [4.78, 5) is 303. The second kappa shape index (κ2) is 51.0. The van der Waals surface area contributed by atoms with E-state index in [0.29, 0.717) is 63.1 Å². The number of fused-ring (bicyclic) bond motifs is 4. The Labute approximate surface area is 802 Å². The lowest BCUT2D eigenvalue weighted by Gasteiger charge is -2.36. The molecule has 3 aliphatic rings. The number of phenols is 1. The number of carbonyl (C=O) groups is 20. The third-order valence-electron chi connectivity index (χ3n) is 24.5. The molecule has 0 unspecified atom stereocenters. The van der Waals surface area contributed by atoms with Crippen molar-refractivity contribution in [1.29, 1.82) is 0 Å². The van der Waals surface area contributed by atoms with E-state index in [4.69, 9.17) is 22.9 Å². The van der Waals surface area contributed by atoms with Crippen molar-refractivity contribution in [2.75, 3.05) is 58.8 Å². The van der Waals surface area contributed by atoms with E-state index in [1.807, 2.05) is 0 Å². The number of thioether (sulfide) groups is 1. The van der Waals surface area contributed by atoms with Crippen molar-refractivity contribution in [3.63, 3.8) is 0 Å². The number of aromatic hydroxyl groups is 1. The van der Waals surface area contributed by atoms with Gasteiger partial charge in [-0.15, -0.1) is 11.8 Å². The minimum absolute atomic E-state index is 0.0852. The second-order valence-electron chi connectivity index (χ2n) is 34.7. The number of carboxylic acids is 2. The van der Waals surface area contributed by atoms with Crippen LogP contribution in [0.5, 0.6) is 5.75 Å². The first-order valence-electron chi connectivity index (χ1n) is 45.6. The zero-order chi connectivity index (χ0) is 102. The van der Waals surface area contributed by atoms with Crippen molar-refractivity contribution in [1.82, 2.24) is 97.2 Å². The van der Waals surface area contributed by atoms with Gasteiger partial charge in [0, 0.05) is 125 Å². The molecule has 0 aliphatic carbocycles. The quantitative estimate of drug-likeness (QED) is 0.0220. The van der Waals surface area contributed by atoms with Crippen LogP contribution >= 0.6 is 11.8 Å². The third-order valence-corrected chi connectivity index (χ3v) is 25.5. The van der Waals surface area contributed by atoms with Gasteiger partial charge in [0.25, 0.3) is 0 Å². The number of imidazole rings is 1. The molecule has 0 spiro atoms. The van der Waals surface area contributed by atoms with E-state index in [1.165, 1.54) is 75.6 Å². The molecular weight excluding hydrogens is 1830 g/mol. The maximum atomic E-state index is 15.9. The fourth-order valence-electron chi connectivity index (χ4n) is 16.9. The number of aliphatic carboxylic acids is 2. The normalized spacial score (nSPS) is 24.3. The average molecular weight is 1960 g/mol. The number of likely N-dealkylation sites (N-methyl/N-ethyl adjacent to an activating group) is 3. The second-order valence-corrected chi connectivity index (χ2v) is 35.7. The van der Waals surface area contributed by atoms with Crippen LogP contribution in [-0.2, 0) is 128 Å². The highest BCUT2D eigenvalue weighted by Crippen LogP contribution is 2.29. The largest absolute Gasteiger partial charge is 0.508 e. The van der Waals surface area contributed by atoms with Crippen molar-refractivity contribution < 1.29 is 116 Å². The van der Waals surface area contributed by atoms with E-state index < -0.39 is 285 Å². The lowest BCUT2D eigenvalue weighted by atomic mass is 9.99. The maximum Gasteiger partial charge on any atom is 0.323 e. The van der Waals surface area contributed by atoms with Crippen LogP contribution in [0.1, 0.15) is 133 Å². The van der Waals surface area contributed by atoms with Gasteiger partial charge in [-0.3, -0.25) is 95.9 Å². The number of nitrogens with two attached hydrogens (primary N) is 4. The number of phenolic OH excluding ortho intramolecular Hbond substituents is 1. The summed E-state index contributed by atoms with van der Waals surface area (Å²) in [7, 11) is 3.66. The minimum atomic E-state index is -2.06. The number of aliphatic hydroxyl groups excluding tert-OH is 1. The number of rotatable bonds is 28. The summed E-state index contributed by atoms with van der Waals surface area (Å²) < 4.78 is 1.40. The molecule has 3 saturated heterocycles. The summed E-state index contributed by atoms with van der Waals surface area (Å²) in [6, 6.07) is -4.88. The molecule has 0 saturated carbocycles. The number of aromatic nitrogens is 4. The molecule has 3 aromatic carbocycles. The number of primary amides is 3. The molecular formula is C91H123N23O24S. The molecule has 139 heavy (non-hydrogen) atoms. The van der Waals surface area contributed by atoms with Crippen molar-refractivity contribution in [3.05, 3.63) is 120 Å². The fourth-order valence-corrected chi connectivity index (χ4v) is 17.8. The summed E-state index contributed by atoms with van der Waals surface area (Å²) in [5.41, 5.74) is 25.3. The number of benzene rings is 3. The van der Waals surface area contributed by atoms with Gasteiger partial charge in [0.15, 0.2) is 0 Å². The van der Waals surface area contributed by atoms with Crippen LogP contribution in [0.15, 0.2) is 97.7 Å². The van der Waals surface area contributed by atoms with Gasteiger partial charge in [0.1, 0.15) is 96.9 Å². The molecule has 0 radical (unpaired) electrons. The molecule has 15 atom stereocenters. The van der Waals surface area contributed by atoms with Crippen LogP contribution < -0.4 is 76.1 Å². The first-order valence-corrected chi connectivity index (χ1v) is 46.8. The van der Waals surface area contributed by atoms with Crippen molar-refractivity contribution in [2.45, 2.75) is 234 Å². The van der Waals surface area contributed by atoms with Crippen LogP contribution in [-0.4, -0.2) is 332 Å². The predicted molar refractivity (Wildman–Crippen MR) is 500 cm³/mol. The van der Waals surface area contributed by atoms with Gasteiger partial charge in [-0.2, -0.15) is 0 Å². The Morgan fingerprint density at radius 3 is 1.75 bits per heavy atom. The predicted octanol–water partition coefficient (Wildman–Crippen LogP) is -4.58. The lowest BCUT2D eigenvalue weighted by Crippen LogP contribution is -2.61. The van der Waals surface area contributed by atoms with E-state index in [0.717, 1.165) is 24.5 Å². The number of nitrogens with one attached hydrogen (secondary N) is 12. The van der Waals surface area contributed by atoms with Gasteiger partial charge in [0.2, 0.25) is 106 Å². The molecule has 9 rings (SSSR count). The van der Waals surface area contributed by atoms with Crippen LogP contribution in [0.3, 0.4) is 0 Å². The number of hydrogen-bond acceptors (Lipinski definition) is 25. The van der Waals surface area contributed by atoms with Gasteiger partial charge in [0.05, 0.1) is 37.6 Å². The van der Waals surface area contributed by atoms with E-state index in [1.54, 1.807) is 68.6 Å². The Morgan fingerprint density at radius 2 is 1.11 bits per heavy atom. The van der Waals surface area contributed by atoms with Gasteiger partial charge < -0.3 is 136 Å². The molecule has 6 aromatic rings. The van der Waals surface area contributed by atoms with Crippen molar-refractivity contribution >= 4 is 152 Å². The van der Waals surface area contributed by atoms with Crippen LogP contribution in [0.25, 0.3) is 21.8 Å². The number of H-pyrrole nitrogens is 2. The Hall–Kier alpha value is -14.6. The minimum Gasteiger partial charge on any atom is -0.508 e. The topological polar surface area (TPSA) is 712 Å². The average Bonchev–Trinajstić information content (AvgIpc) is 1.66. The van der Waals surface area contributed by atoms with E-state index >= 15 is 38.4 Å².